The number of hydrogen-bond acceptors (Lipinski definition) is 10. The van der Waals surface area contributed by atoms with Crippen LogP contribution in [0.2, 0.25) is 0 Å². The number of nitrogens with two attached hydrogens (primary N) is 1. The molecule has 3 aliphatic rings. The normalized spacial score (nSPS) is 32.1. The molecule has 2 N–H and O–H groups in total. The summed E-state index contributed by atoms with van der Waals surface area (Å²) in [6, 6.07) is 0. The quantitative estimate of drug-likeness (QED) is 0.461. The van der Waals surface area contributed by atoms with Crippen molar-refractivity contribution in [3.8, 4) is 0 Å². The molecule has 10 nitrogen and oxygen atoms in total. The highest BCUT2D eigenvalue weighted by molar-refractivity contribution is 8.00. The number of rotatable bonds is 7. The Morgan fingerprint density at radius 2 is 1.90 bits per heavy atom. The first-order chi connectivity index (χ1) is 18.5. The van der Waals surface area contributed by atoms with E-state index in [0.717, 1.165) is 18.4 Å². The van der Waals surface area contributed by atoms with Crippen molar-refractivity contribution < 1.29 is 23.7 Å². The topological polar surface area (TPSA) is 112 Å². The molecule has 3 saturated heterocycles. The van der Waals surface area contributed by atoms with Crippen molar-refractivity contribution in [2.75, 3.05) is 29.5 Å². The van der Waals surface area contributed by atoms with Crippen molar-refractivity contribution in [1.82, 2.24) is 14.9 Å². The number of carbonyl (C=O) groups excluding carboxylic acids is 1. The van der Waals surface area contributed by atoms with Gasteiger partial charge in [0, 0.05) is 35.9 Å². The Labute approximate surface area is 243 Å². The summed E-state index contributed by atoms with van der Waals surface area (Å²) in [5.41, 5.74) is 4.10. The lowest BCUT2D eigenvalue weighted by Crippen LogP contribution is -2.61. The first-order valence-electron chi connectivity index (χ1n) is 14.2. The van der Waals surface area contributed by atoms with Crippen LogP contribution >= 0.6 is 11.8 Å². The van der Waals surface area contributed by atoms with Gasteiger partial charge >= 0.3 is 6.09 Å². The van der Waals surface area contributed by atoms with Gasteiger partial charge < -0.3 is 34.5 Å². The average Bonchev–Trinajstić information content (AvgIpc) is 3.20. The Morgan fingerprint density at radius 1 is 1.25 bits per heavy atom. The largest absolute Gasteiger partial charge is 0.444 e. The highest BCUT2D eigenvalue weighted by atomic mass is 32.2. The molecule has 4 heterocycles. The molecular weight excluding hydrogens is 530 g/mol. The van der Waals surface area contributed by atoms with E-state index in [0.29, 0.717) is 42.1 Å². The summed E-state index contributed by atoms with van der Waals surface area (Å²) in [6.45, 7) is 23.3. The third-order valence-electron chi connectivity index (χ3n) is 8.47. The first kappa shape index (κ1) is 30.9. The Balaban J connectivity index is 1.57. The molecule has 4 atom stereocenters. The molecule has 0 aliphatic carbocycles. The molecule has 3 aliphatic heterocycles. The zero-order chi connectivity index (χ0) is 29.7. The molecule has 40 heavy (non-hydrogen) atoms. The molecule has 0 aromatic carbocycles. The number of carbonyl (C=O) groups is 1. The van der Waals surface area contributed by atoms with Gasteiger partial charge in [0.2, 0.25) is 0 Å². The lowest BCUT2D eigenvalue weighted by molar-refractivity contribution is -0.227. The van der Waals surface area contributed by atoms with E-state index in [9.17, 15) is 4.79 Å². The number of nitrogen functional groups attached to an aromatic ring is 1. The minimum absolute atomic E-state index is 0.242. The van der Waals surface area contributed by atoms with Gasteiger partial charge in [0.15, 0.2) is 12.0 Å². The van der Waals surface area contributed by atoms with Crippen LogP contribution in [-0.4, -0.2) is 79.5 Å². The zero-order valence-electron chi connectivity index (χ0n) is 25.6. The predicted molar refractivity (Wildman–Crippen MR) is 158 cm³/mol. The van der Waals surface area contributed by atoms with Crippen molar-refractivity contribution in [1.29, 1.82) is 0 Å². The summed E-state index contributed by atoms with van der Waals surface area (Å²) in [5, 5.41) is 0.382. The number of anilines is 2. The maximum absolute atomic E-state index is 12.5. The molecule has 224 valence electrons. The van der Waals surface area contributed by atoms with Crippen molar-refractivity contribution in [2.24, 2.45) is 0 Å². The Morgan fingerprint density at radius 3 is 2.48 bits per heavy atom. The van der Waals surface area contributed by atoms with Gasteiger partial charge in [0.25, 0.3) is 0 Å². The van der Waals surface area contributed by atoms with Gasteiger partial charge in [-0.15, -0.1) is 0 Å². The van der Waals surface area contributed by atoms with Gasteiger partial charge in [-0.25, -0.2) is 14.8 Å². The zero-order valence-corrected chi connectivity index (χ0v) is 26.4. The summed E-state index contributed by atoms with van der Waals surface area (Å²) in [5.74, 6) is 0.906. The number of nitrogens with zero attached hydrogens (tertiary/aromatic N) is 4. The third-order valence-corrected chi connectivity index (χ3v) is 10.1. The molecule has 0 bridgehead atoms. The number of amides is 1. The van der Waals surface area contributed by atoms with Crippen LogP contribution in [0.4, 0.5) is 16.4 Å². The predicted octanol–water partition coefficient (Wildman–Crippen LogP) is 5.26. The van der Waals surface area contributed by atoms with Crippen LogP contribution < -0.4 is 10.6 Å². The molecule has 0 saturated carbocycles. The van der Waals surface area contributed by atoms with Gasteiger partial charge in [-0.05, 0) is 74.7 Å². The van der Waals surface area contributed by atoms with Gasteiger partial charge in [-0.2, -0.15) is 11.8 Å². The minimum Gasteiger partial charge on any atom is -0.444 e. The smallest absolute Gasteiger partial charge is 0.410 e. The van der Waals surface area contributed by atoms with E-state index >= 15 is 0 Å². The van der Waals surface area contributed by atoms with E-state index in [-0.39, 0.29) is 6.09 Å². The fraction of sp³-hybridized carbons (Fsp3) is 0.759. The van der Waals surface area contributed by atoms with Crippen molar-refractivity contribution in [3.63, 3.8) is 0 Å². The molecule has 0 spiro atoms. The number of hydrogen-bond donors (Lipinski definition) is 1. The van der Waals surface area contributed by atoms with E-state index in [1.807, 2.05) is 63.1 Å². The Bertz CT molecular complexity index is 1120. The standard InChI is InChI=1S/C29H47N5O5S/c1-11-29-23(34(12-2)22-19(3)21(30)31-18-32-22)36-27(9,28(29,10)38-26(7,8)39-29)17-40-20-13-15-33(16-14-20)24(35)37-25(4,5)6/h12,18,20,23H,2,11,13-17H2,1,3-10H3,(H2,30,31,32). The van der Waals surface area contributed by atoms with E-state index < -0.39 is 34.4 Å². The number of ether oxygens (including phenoxy) is 4. The number of piperidine rings is 1. The third kappa shape index (κ3) is 5.30. The average molecular weight is 578 g/mol. The molecule has 11 heteroatoms. The van der Waals surface area contributed by atoms with Gasteiger partial charge in [0.1, 0.15) is 40.4 Å². The second-order valence-electron chi connectivity index (χ2n) is 12.9. The molecule has 4 rings (SSSR count). The monoisotopic (exact) mass is 577 g/mol. The fourth-order valence-corrected chi connectivity index (χ4v) is 7.72. The van der Waals surface area contributed by atoms with Crippen LogP contribution in [0.1, 0.15) is 80.2 Å². The first-order valence-corrected chi connectivity index (χ1v) is 15.2. The number of fused-ring (bicyclic) bond motifs is 1. The molecular formula is C29H47N5O5S. The summed E-state index contributed by atoms with van der Waals surface area (Å²) < 4.78 is 26.1. The second kappa shape index (κ2) is 10.6. The molecule has 1 amide bonds. The van der Waals surface area contributed by atoms with Crippen LogP contribution in [0.15, 0.2) is 19.1 Å². The van der Waals surface area contributed by atoms with E-state index in [1.54, 1.807) is 6.20 Å². The van der Waals surface area contributed by atoms with E-state index in [4.69, 9.17) is 24.7 Å². The van der Waals surface area contributed by atoms with Gasteiger partial charge in [-0.3, -0.25) is 0 Å². The lowest BCUT2D eigenvalue weighted by atomic mass is 9.74. The SMILES string of the molecule is C=CN(c1ncnc(N)c1C)C1OC(C)(CSC2CCN(C(=O)OC(C)(C)C)CC2)C2(C)OC(C)(C)OC12CC. The van der Waals surface area contributed by atoms with Gasteiger partial charge in [-0.1, -0.05) is 13.5 Å². The van der Waals surface area contributed by atoms with Crippen LogP contribution in [0.5, 0.6) is 0 Å². The lowest BCUT2D eigenvalue weighted by Gasteiger charge is -2.42. The summed E-state index contributed by atoms with van der Waals surface area (Å²) in [4.78, 5) is 24.9. The molecule has 0 radical (unpaired) electrons. The molecule has 1 aromatic rings. The molecule has 1 aromatic heterocycles. The number of thioether (sulfide) groups is 1. The van der Waals surface area contributed by atoms with Crippen LogP contribution in [0, 0.1) is 6.92 Å². The van der Waals surface area contributed by atoms with E-state index in [2.05, 4.69) is 37.3 Å². The van der Waals surface area contributed by atoms with Crippen molar-refractivity contribution >= 4 is 29.5 Å². The summed E-state index contributed by atoms with van der Waals surface area (Å²) in [6.07, 6.45) is 4.80. The maximum atomic E-state index is 12.5. The molecule has 4 unspecified atom stereocenters. The fourth-order valence-electron chi connectivity index (χ4n) is 6.28. The van der Waals surface area contributed by atoms with Crippen LogP contribution in [0.3, 0.4) is 0 Å². The van der Waals surface area contributed by atoms with Gasteiger partial charge in [0.05, 0.1) is 0 Å². The molecule has 3 fully saturated rings. The maximum Gasteiger partial charge on any atom is 0.410 e. The summed E-state index contributed by atoms with van der Waals surface area (Å²) >= 11 is 1.87. The van der Waals surface area contributed by atoms with Crippen molar-refractivity contribution in [2.45, 2.75) is 121 Å². The van der Waals surface area contributed by atoms with Crippen LogP contribution in [-0.2, 0) is 18.9 Å². The highest BCUT2D eigenvalue weighted by Crippen LogP contribution is 2.61. The second-order valence-corrected chi connectivity index (χ2v) is 14.1. The van der Waals surface area contributed by atoms with Crippen LogP contribution in [0.25, 0.3) is 0 Å². The Kier molecular flexibility index (Phi) is 8.21. The van der Waals surface area contributed by atoms with Crippen molar-refractivity contribution in [3.05, 3.63) is 24.7 Å². The Hall–Kier alpha value is -2.08. The highest BCUT2D eigenvalue weighted by Gasteiger charge is 2.77. The van der Waals surface area contributed by atoms with E-state index in [1.165, 1.54) is 6.33 Å². The number of likely N-dealkylation sites (tertiary alicyclic amines) is 1. The minimum atomic E-state index is -0.815. The summed E-state index contributed by atoms with van der Waals surface area (Å²) in [7, 11) is 0. The number of aromatic nitrogens is 2.